The second kappa shape index (κ2) is 6.53. The third-order valence-electron chi connectivity index (χ3n) is 1.67. The first kappa shape index (κ1) is 13.1. The van der Waals surface area contributed by atoms with Crippen molar-refractivity contribution in [3.8, 4) is 0 Å². The highest BCUT2D eigenvalue weighted by Crippen LogP contribution is 2.01. The van der Waals surface area contributed by atoms with Crippen molar-refractivity contribution in [3.63, 3.8) is 0 Å². The lowest BCUT2D eigenvalue weighted by Crippen LogP contribution is -2.45. The number of hydrogen-bond acceptors (Lipinski definition) is 3. The molecule has 0 aliphatic rings. The molecule has 0 rings (SSSR count). The number of carbonyl (C=O) groups is 2. The summed E-state index contributed by atoms with van der Waals surface area (Å²) in [6.07, 6.45) is 1.95. The topological polar surface area (TPSA) is 78.4 Å². The van der Waals surface area contributed by atoms with Crippen LogP contribution >= 0.6 is 11.8 Å². The van der Waals surface area contributed by atoms with Gasteiger partial charge in [-0.25, -0.2) is 4.79 Å². The molecule has 1 unspecified atom stereocenters. The Hall–Kier alpha value is -0.910. The Morgan fingerprint density at radius 2 is 2.00 bits per heavy atom. The molecule has 14 heavy (non-hydrogen) atoms. The molecule has 2 atom stereocenters. The molecule has 2 amide bonds. The molecule has 0 spiro atoms. The summed E-state index contributed by atoms with van der Waals surface area (Å²) in [7, 11) is 0. The summed E-state index contributed by atoms with van der Waals surface area (Å²) in [4.78, 5) is 21.5. The Morgan fingerprint density at radius 1 is 1.43 bits per heavy atom. The Bertz CT molecular complexity index is 211. The molecule has 0 aromatic rings. The van der Waals surface area contributed by atoms with E-state index in [2.05, 4.69) is 10.6 Å². The number of hydrogen-bond donors (Lipinski definition) is 3. The molecule has 6 heteroatoms. The smallest absolute Gasteiger partial charge is 0.325 e. The Kier molecular flexibility index (Phi) is 6.11. The molecule has 0 aromatic carbocycles. The molecule has 0 heterocycles. The second-order valence-electron chi connectivity index (χ2n) is 2.96. The minimum absolute atomic E-state index is 0.320. The number of aliphatic carboxylic acids is 1. The molecule has 0 saturated heterocycles. The van der Waals surface area contributed by atoms with E-state index in [-0.39, 0.29) is 0 Å². The summed E-state index contributed by atoms with van der Waals surface area (Å²) in [6.45, 7) is 3.92. The van der Waals surface area contributed by atoms with Gasteiger partial charge in [0.25, 0.3) is 0 Å². The molecule has 82 valence electrons. The molecule has 0 radical (unpaired) electrons. The zero-order valence-electron chi connectivity index (χ0n) is 8.53. The monoisotopic (exact) mass is 220 g/mol. The van der Waals surface area contributed by atoms with Gasteiger partial charge in [-0.3, -0.25) is 4.79 Å². The third-order valence-corrected chi connectivity index (χ3v) is 2.64. The predicted molar refractivity (Wildman–Crippen MR) is 56.6 cm³/mol. The minimum atomic E-state index is -1.04. The van der Waals surface area contributed by atoms with E-state index in [0.717, 1.165) is 0 Å². The van der Waals surface area contributed by atoms with Crippen molar-refractivity contribution in [2.24, 2.45) is 0 Å². The number of thioether (sulfide) groups is 1. The van der Waals surface area contributed by atoms with Crippen LogP contribution in [0.25, 0.3) is 0 Å². The molecular weight excluding hydrogens is 204 g/mol. The van der Waals surface area contributed by atoms with Crippen LogP contribution in [0.5, 0.6) is 0 Å². The lowest BCUT2D eigenvalue weighted by atomic mass is 10.3. The summed E-state index contributed by atoms with van der Waals surface area (Å²) in [5, 5.41) is 13.7. The largest absolute Gasteiger partial charge is 0.480 e. The van der Waals surface area contributed by atoms with Crippen LogP contribution in [0, 0.1) is 0 Å². The predicted octanol–water partition coefficient (Wildman–Crippen LogP) is 0.510. The van der Waals surface area contributed by atoms with Crippen molar-refractivity contribution >= 4 is 23.8 Å². The Balaban J connectivity index is 3.71. The third kappa shape index (κ3) is 5.69. The van der Waals surface area contributed by atoms with E-state index in [1.807, 2.05) is 13.2 Å². The summed E-state index contributed by atoms with van der Waals surface area (Å²) >= 11 is 1.63. The summed E-state index contributed by atoms with van der Waals surface area (Å²) in [5.74, 6) is -1.04. The summed E-state index contributed by atoms with van der Waals surface area (Å²) < 4.78 is 0. The fraction of sp³-hybridized carbons (Fsp3) is 0.750. The van der Waals surface area contributed by atoms with Crippen LogP contribution in [-0.4, -0.2) is 41.2 Å². The SMILES string of the molecule is CSC(C)CNC(=O)N[C@@H](C)C(=O)O. The van der Waals surface area contributed by atoms with E-state index in [1.165, 1.54) is 6.92 Å². The maximum Gasteiger partial charge on any atom is 0.325 e. The van der Waals surface area contributed by atoms with Gasteiger partial charge >= 0.3 is 12.0 Å². The second-order valence-corrected chi connectivity index (χ2v) is 4.24. The van der Waals surface area contributed by atoms with Crippen LogP contribution in [0.1, 0.15) is 13.8 Å². The van der Waals surface area contributed by atoms with Crippen LogP contribution in [0.2, 0.25) is 0 Å². The van der Waals surface area contributed by atoms with Gasteiger partial charge in [-0.2, -0.15) is 11.8 Å². The average Bonchev–Trinajstić information content (AvgIpc) is 2.13. The molecule has 0 fully saturated rings. The first-order valence-corrected chi connectivity index (χ1v) is 5.56. The minimum Gasteiger partial charge on any atom is -0.480 e. The quantitative estimate of drug-likeness (QED) is 0.631. The highest BCUT2D eigenvalue weighted by atomic mass is 32.2. The van der Waals surface area contributed by atoms with E-state index >= 15 is 0 Å². The fourth-order valence-corrected chi connectivity index (χ4v) is 0.879. The number of rotatable bonds is 5. The molecular formula is C8H16N2O3S. The van der Waals surface area contributed by atoms with Crippen molar-refractivity contribution < 1.29 is 14.7 Å². The first-order valence-electron chi connectivity index (χ1n) is 4.27. The van der Waals surface area contributed by atoms with Crippen LogP contribution in [0.15, 0.2) is 0 Å². The maximum atomic E-state index is 11.1. The molecule has 0 bridgehead atoms. The lowest BCUT2D eigenvalue weighted by molar-refractivity contribution is -0.138. The van der Waals surface area contributed by atoms with Crippen molar-refractivity contribution in [2.45, 2.75) is 25.1 Å². The number of carbonyl (C=O) groups excluding carboxylic acids is 1. The molecule has 3 N–H and O–H groups in total. The van der Waals surface area contributed by atoms with Crippen LogP contribution in [0.4, 0.5) is 4.79 Å². The van der Waals surface area contributed by atoms with Gasteiger partial charge in [0.05, 0.1) is 0 Å². The van der Waals surface area contributed by atoms with E-state index in [9.17, 15) is 9.59 Å². The van der Waals surface area contributed by atoms with E-state index in [0.29, 0.717) is 11.8 Å². The van der Waals surface area contributed by atoms with Gasteiger partial charge in [-0.1, -0.05) is 6.92 Å². The number of carboxylic acid groups (broad SMARTS) is 1. The van der Waals surface area contributed by atoms with Gasteiger partial charge in [-0.15, -0.1) is 0 Å². The van der Waals surface area contributed by atoms with Crippen molar-refractivity contribution in [1.82, 2.24) is 10.6 Å². The highest BCUT2D eigenvalue weighted by molar-refractivity contribution is 7.99. The molecule has 0 saturated carbocycles. The van der Waals surface area contributed by atoms with Crippen LogP contribution < -0.4 is 10.6 Å². The van der Waals surface area contributed by atoms with E-state index in [1.54, 1.807) is 11.8 Å². The zero-order valence-corrected chi connectivity index (χ0v) is 9.35. The van der Waals surface area contributed by atoms with Gasteiger partial charge < -0.3 is 15.7 Å². The van der Waals surface area contributed by atoms with Crippen molar-refractivity contribution in [3.05, 3.63) is 0 Å². The maximum absolute atomic E-state index is 11.1. The van der Waals surface area contributed by atoms with Gasteiger partial charge in [-0.05, 0) is 13.2 Å². The van der Waals surface area contributed by atoms with Crippen molar-refractivity contribution in [2.75, 3.05) is 12.8 Å². The van der Waals surface area contributed by atoms with Gasteiger partial charge in [0.1, 0.15) is 6.04 Å². The summed E-state index contributed by atoms with van der Waals surface area (Å²) in [5.41, 5.74) is 0. The van der Waals surface area contributed by atoms with Crippen LogP contribution in [0.3, 0.4) is 0 Å². The molecule has 0 aliphatic heterocycles. The molecule has 0 aliphatic carbocycles. The Labute approximate surface area is 87.6 Å². The number of amides is 2. The van der Waals surface area contributed by atoms with E-state index < -0.39 is 18.0 Å². The van der Waals surface area contributed by atoms with Gasteiger partial charge in [0.15, 0.2) is 0 Å². The van der Waals surface area contributed by atoms with E-state index in [4.69, 9.17) is 5.11 Å². The Morgan fingerprint density at radius 3 is 2.43 bits per heavy atom. The van der Waals surface area contributed by atoms with Crippen LogP contribution in [-0.2, 0) is 4.79 Å². The van der Waals surface area contributed by atoms with Crippen molar-refractivity contribution in [1.29, 1.82) is 0 Å². The first-order chi connectivity index (χ1) is 6.47. The molecule has 5 nitrogen and oxygen atoms in total. The average molecular weight is 220 g/mol. The van der Waals surface area contributed by atoms with Gasteiger partial charge in [0.2, 0.25) is 0 Å². The summed E-state index contributed by atoms with van der Waals surface area (Å²) in [6, 6.07) is -1.31. The zero-order chi connectivity index (χ0) is 11.1. The standard InChI is InChI=1S/C8H16N2O3S/c1-5(14-3)4-9-8(13)10-6(2)7(11)12/h5-6H,4H2,1-3H3,(H,11,12)(H2,9,10,13)/t5?,6-/m0/s1. The fourth-order valence-electron chi connectivity index (χ4n) is 0.629. The number of carboxylic acids is 1. The normalized spacial score (nSPS) is 14.2. The lowest BCUT2D eigenvalue weighted by Gasteiger charge is -2.12. The highest BCUT2D eigenvalue weighted by Gasteiger charge is 2.13. The van der Waals surface area contributed by atoms with Gasteiger partial charge in [0, 0.05) is 11.8 Å². The number of urea groups is 1. The number of nitrogens with one attached hydrogen (secondary N) is 2. The molecule has 0 aromatic heterocycles.